The van der Waals surface area contributed by atoms with E-state index in [0.717, 1.165) is 57.1 Å². The lowest BCUT2D eigenvalue weighted by Gasteiger charge is -2.31. The summed E-state index contributed by atoms with van der Waals surface area (Å²) in [5, 5.41) is 8.79. The third-order valence-corrected chi connectivity index (χ3v) is 5.55. The first-order chi connectivity index (χ1) is 12.6. The van der Waals surface area contributed by atoms with Gasteiger partial charge in [0.2, 0.25) is 0 Å². The summed E-state index contributed by atoms with van der Waals surface area (Å²) < 4.78 is 7.15. The monoisotopic (exact) mass is 358 g/mol. The standard InChI is InChI=1S/C18H26N6O2/c1-22-16(20-21-17(22)14-9-15(19)10-14)11-23-4-2-5-24(7-6-23)18(25)13-3-8-26-12-13/h3,8,12,14-15H,2,4-7,9-11,19H2,1H3. The Balaban J connectivity index is 1.36. The fourth-order valence-corrected chi connectivity index (χ4v) is 3.84. The number of nitrogens with zero attached hydrogens (tertiary/aromatic N) is 5. The Kier molecular flexibility index (Phi) is 4.78. The van der Waals surface area contributed by atoms with Gasteiger partial charge in [-0.1, -0.05) is 0 Å². The summed E-state index contributed by atoms with van der Waals surface area (Å²) in [5.74, 6) is 2.52. The molecule has 2 aromatic rings. The van der Waals surface area contributed by atoms with E-state index < -0.39 is 0 Å². The van der Waals surface area contributed by atoms with Crippen LogP contribution in [0, 0.1) is 0 Å². The van der Waals surface area contributed by atoms with Crippen molar-refractivity contribution in [3.05, 3.63) is 35.8 Å². The normalized spacial score (nSPS) is 24.3. The van der Waals surface area contributed by atoms with Gasteiger partial charge in [0, 0.05) is 45.2 Å². The zero-order valence-corrected chi connectivity index (χ0v) is 15.2. The Morgan fingerprint density at radius 3 is 2.85 bits per heavy atom. The molecule has 1 aliphatic heterocycles. The van der Waals surface area contributed by atoms with E-state index in [-0.39, 0.29) is 5.91 Å². The molecule has 140 valence electrons. The first-order valence-corrected chi connectivity index (χ1v) is 9.29. The van der Waals surface area contributed by atoms with Crippen molar-refractivity contribution >= 4 is 5.91 Å². The molecular weight excluding hydrogens is 332 g/mol. The van der Waals surface area contributed by atoms with Gasteiger partial charge in [0.25, 0.3) is 5.91 Å². The van der Waals surface area contributed by atoms with Crippen LogP contribution in [0.5, 0.6) is 0 Å². The number of carbonyl (C=O) groups excluding carboxylic acids is 1. The van der Waals surface area contributed by atoms with Crippen molar-refractivity contribution in [3.8, 4) is 0 Å². The first kappa shape index (κ1) is 17.2. The molecule has 1 saturated carbocycles. The summed E-state index contributed by atoms with van der Waals surface area (Å²) in [6.45, 7) is 4.03. The molecule has 8 heteroatoms. The summed E-state index contributed by atoms with van der Waals surface area (Å²) in [5.41, 5.74) is 6.52. The van der Waals surface area contributed by atoms with Crippen molar-refractivity contribution < 1.29 is 9.21 Å². The number of carbonyl (C=O) groups is 1. The molecule has 0 bridgehead atoms. The second-order valence-corrected chi connectivity index (χ2v) is 7.40. The Hall–Kier alpha value is -2.19. The summed E-state index contributed by atoms with van der Waals surface area (Å²) in [6, 6.07) is 2.03. The number of aromatic nitrogens is 3. The molecule has 0 spiro atoms. The van der Waals surface area contributed by atoms with Crippen LogP contribution in [0.3, 0.4) is 0 Å². The molecule has 0 atom stereocenters. The van der Waals surface area contributed by atoms with Gasteiger partial charge in [0.05, 0.1) is 18.4 Å². The summed E-state index contributed by atoms with van der Waals surface area (Å²) in [6.07, 6.45) is 6.00. The van der Waals surface area contributed by atoms with Crippen LogP contribution in [0.15, 0.2) is 23.0 Å². The maximum atomic E-state index is 12.5. The maximum absolute atomic E-state index is 12.5. The molecule has 1 amide bonds. The Morgan fingerprint density at radius 2 is 2.12 bits per heavy atom. The minimum Gasteiger partial charge on any atom is -0.472 e. The molecule has 0 aromatic carbocycles. The topological polar surface area (TPSA) is 93.4 Å². The SMILES string of the molecule is Cn1c(CN2CCCN(C(=O)c3ccoc3)CC2)nnc1C1CC(N)C1. The van der Waals surface area contributed by atoms with Gasteiger partial charge in [-0.3, -0.25) is 9.69 Å². The lowest BCUT2D eigenvalue weighted by atomic mass is 9.80. The van der Waals surface area contributed by atoms with Crippen LogP contribution in [0.1, 0.15) is 47.2 Å². The van der Waals surface area contributed by atoms with Crippen LogP contribution >= 0.6 is 0 Å². The molecule has 0 unspecified atom stereocenters. The van der Waals surface area contributed by atoms with Crippen molar-refractivity contribution in [2.24, 2.45) is 12.8 Å². The number of furan rings is 1. The molecule has 26 heavy (non-hydrogen) atoms. The summed E-state index contributed by atoms with van der Waals surface area (Å²) in [7, 11) is 2.04. The maximum Gasteiger partial charge on any atom is 0.257 e. The van der Waals surface area contributed by atoms with Crippen molar-refractivity contribution in [1.29, 1.82) is 0 Å². The van der Waals surface area contributed by atoms with Crippen molar-refractivity contribution in [1.82, 2.24) is 24.6 Å². The number of nitrogens with two attached hydrogens (primary N) is 1. The van der Waals surface area contributed by atoms with E-state index in [1.54, 1.807) is 6.07 Å². The summed E-state index contributed by atoms with van der Waals surface area (Å²) in [4.78, 5) is 16.7. The van der Waals surface area contributed by atoms with Gasteiger partial charge >= 0.3 is 0 Å². The van der Waals surface area contributed by atoms with Gasteiger partial charge < -0.3 is 19.6 Å². The van der Waals surface area contributed by atoms with Gasteiger partial charge in [0.15, 0.2) is 0 Å². The van der Waals surface area contributed by atoms with Crippen LogP contribution in [0.2, 0.25) is 0 Å². The van der Waals surface area contributed by atoms with E-state index in [1.807, 2.05) is 11.9 Å². The highest BCUT2D eigenvalue weighted by Gasteiger charge is 2.31. The highest BCUT2D eigenvalue weighted by Crippen LogP contribution is 2.34. The molecule has 0 radical (unpaired) electrons. The van der Waals surface area contributed by atoms with Crippen LogP contribution in [-0.2, 0) is 13.6 Å². The first-order valence-electron chi connectivity index (χ1n) is 9.29. The molecule has 2 fully saturated rings. The summed E-state index contributed by atoms with van der Waals surface area (Å²) >= 11 is 0. The third-order valence-electron chi connectivity index (χ3n) is 5.55. The van der Waals surface area contributed by atoms with E-state index in [1.165, 1.54) is 12.5 Å². The molecule has 4 rings (SSSR count). The zero-order valence-electron chi connectivity index (χ0n) is 15.2. The molecule has 8 nitrogen and oxygen atoms in total. The second kappa shape index (κ2) is 7.20. The van der Waals surface area contributed by atoms with E-state index >= 15 is 0 Å². The second-order valence-electron chi connectivity index (χ2n) is 7.40. The molecule has 3 heterocycles. The van der Waals surface area contributed by atoms with Crippen LogP contribution in [0.25, 0.3) is 0 Å². The Labute approximate surface area is 152 Å². The smallest absolute Gasteiger partial charge is 0.257 e. The average Bonchev–Trinajstić information content (AvgIpc) is 3.19. The van der Waals surface area contributed by atoms with Crippen molar-refractivity contribution in [2.75, 3.05) is 26.2 Å². The predicted octanol–water partition coefficient (Wildman–Crippen LogP) is 0.961. The average molecular weight is 358 g/mol. The van der Waals surface area contributed by atoms with E-state index in [0.29, 0.717) is 24.1 Å². The predicted molar refractivity (Wildman–Crippen MR) is 95.5 cm³/mol. The molecule has 1 aliphatic carbocycles. The fraction of sp³-hybridized carbons (Fsp3) is 0.611. The van der Waals surface area contributed by atoms with Crippen LogP contribution in [0.4, 0.5) is 0 Å². The van der Waals surface area contributed by atoms with Gasteiger partial charge in [0.1, 0.15) is 17.9 Å². The Morgan fingerprint density at radius 1 is 1.27 bits per heavy atom. The molecular formula is C18H26N6O2. The molecule has 1 saturated heterocycles. The van der Waals surface area contributed by atoms with E-state index in [9.17, 15) is 4.79 Å². The van der Waals surface area contributed by atoms with Gasteiger partial charge in [-0.05, 0) is 25.3 Å². The molecule has 2 N–H and O–H groups in total. The minimum atomic E-state index is 0.0443. The molecule has 2 aromatic heterocycles. The number of hydrogen-bond acceptors (Lipinski definition) is 6. The minimum absolute atomic E-state index is 0.0443. The number of hydrogen-bond donors (Lipinski definition) is 1. The quantitative estimate of drug-likeness (QED) is 0.875. The Bertz CT molecular complexity index is 750. The van der Waals surface area contributed by atoms with Crippen molar-refractivity contribution in [2.45, 2.75) is 37.8 Å². The zero-order chi connectivity index (χ0) is 18.1. The highest BCUT2D eigenvalue weighted by molar-refractivity contribution is 5.93. The van der Waals surface area contributed by atoms with Gasteiger partial charge in [-0.2, -0.15) is 0 Å². The van der Waals surface area contributed by atoms with Gasteiger partial charge in [-0.15, -0.1) is 10.2 Å². The van der Waals surface area contributed by atoms with Crippen LogP contribution in [-0.4, -0.2) is 62.7 Å². The van der Waals surface area contributed by atoms with Crippen LogP contribution < -0.4 is 5.73 Å². The van der Waals surface area contributed by atoms with Crippen molar-refractivity contribution in [3.63, 3.8) is 0 Å². The lowest BCUT2D eigenvalue weighted by molar-refractivity contribution is 0.0760. The lowest BCUT2D eigenvalue weighted by Crippen LogP contribution is -2.36. The highest BCUT2D eigenvalue weighted by atomic mass is 16.3. The largest absolute Gasteiger partial charge is 0.472 e. The fourth-order valence-electron chi connectivity index (χ4n) is 3.84. The third kappa shape index (κ3) is 3.39. The number of amides is 1. The number of rotatable bonds is 4. The van der Waals surface area contributed by atoms with E-state index in [4.69, 9.17) is 10.2 Å². The van der Waals surface area contributed by atoms with E-state index in [2.05, 4.69) is 19.7 Å². The van der Waals surface area contributed by atoms with Gasteiger partial charge in [-0.25, -0.2) is 0 Å². The molecule has 2 aliphatic rings.